The van der Waals surface area contributed by atoms with E-state index in [0.29, 0.717) is 0 Å². The van der Waals surface area contributed by atoms with Gasteiger partial charge in [-0.05, 0) is 18.6 Å². The second-order valence-corrected chi connectivity index (χ2v) is 4.97. The van der Waals surface area contributed by atoms with Crippen LogP contribution in [0.1, 0.15) is 6.42 Å². The normalized spacial score (nSPS) is 19.4. The van der Waals surface area contributed by atoms with Crippen molar-refractivity contribution >= 4 is 17.5 Å². The molecule has 2 amide bonds. The van der Waals surface area contributed by atoms with Crippen LogP contribution in [0.3, 0.4) is 0 Å². The van der Waals surface area contributed by atoms with Gasteiger partial charge in [-0.15, -0.1) is 0 Å². The lowest BCUT2D eigenvalue weighted by molar-refractivity contribution is -0.128. The molecule has 2 rings (SSSR count). The first-order valence-corrected chi connectivity index (χ1v) is 6.76. The maximum absolute atomic E-state index is 13.7. The number of hydrogen-bond donors (Lipinski definition) is 2. The topological polar surface area (TPSA) is 84.7 Å². The highest BCUT2D eigenvalue weighted by atomic mass is 19.1. The van der Waals surface area contributed by atoms with E-state index in [0.717, 1.165) is 17.0 Å². The molecule has 8 heteroatoms. The van der Waals surface area contributed by atoms with Gasteiger partial charge in [-0.2, -0.15) is 0 Å². The molecule has 1 heterocycles. The van der Waals surface area contributed by atoms with Crippen LogP contribution in [0.15, 0.2) is 18.2 Å². The number of rotatable bonds is 5. The van der Waals surface area contributed by atoms with Crippen molar-refractivity contribution in [1.29, 1.82) is 0 Å². The summed E-state index contributed by atoms with van der Waals surface area (Å²) in [6, 6.07) is 1.61. The van der Waals surface area contributed by atoms with Gasteiger partial charge in [0.1, 0.15) is 29.4 Å². The molecule has 0 saturated carbocycles. The van der Waals surface area contributed by atoms with Crippen LogP contribution in [0.2, 0.25) is 0 Å². The van der Waals surface area contributed by atoms with E-state index in [1.54, 1.807) is 0 Å². The van der Waals surface area contributed by atoms with Crippen molar-refractivity contribution in [2.24, 2.45) is 5.73 Å². The average molecular weight is 313 g/mol. The molecule has 1 aromatic rings. The first kappa shape index (κ1) is 16.3. The molecular formula is C14H17F2N3O3. The number of amides is 2. The van der Waals surface area contributed by atoms with E-state index in [9.17, 15) is 18.4 Å². The lowest BCUT2D eigenvalue weighted by atomic mass is 10.2. The second kappa shape index (κ2) is 6.80. The zero-order valence-electron chi connectivity index (χ0n) is 12.0. The SMILES string of the molecule is COCC(N)C(=O)NC1CCN(c2c(F)cccc2F)C1=O. The summed E-state index contributed by atoms with van der Waals surface area (Å²) >= 11 is 0. The fourth-order valence-electron chi connectivity index (χ4n) is 2.32. The Balaban J connectivity index is 2.09. The van der Waals surface area contributed by atoms with E-state index >= 15 is 0 Å². The lowest BCUT2D eigenvalue weighted by Crippen LogP contribution is -2.50. The minimum absolute atomic E-state index is 0.0123. The minimum atomic E-state index is -0.906. The zero-order chi connectivity index (χ0) is 16.3. The quantitative estimate of drug-likeness (QED) is 0.811. The molecule has 2 unspecified atom stereocenters. The van der Waals surface area contributed by atoms with E-state index in [1.165, 1.54) is 13.2 Å². The number of carbonyl (C=O) groups is 2. The smallest absolute Gasteiger partial charge is 0.249 e. The summed E-state index contributed by atoms with van der Waals surface area (Å²) in [7, 11) is 1.40. The Labute approximate surface area is 126 Å². The van der Waals surface area contributed by atoms with Crippen molar-refractivity contribution in [3.05, 3.63) is 29.8 Å². The van der Waals surface area contributed by atoms with Gasteiger partial charge in [-0.25, -0.2) is 8.78 Å². The third-order valence-electron chi connectivity index (χ3n) is 3.41. The molecule has 22 heavy (non-hydrogen) atoms. The summed E-state index contributed by atoms with van der Waals surface area (Å²) in [5.74, 6) is -2.76. The van der Waals surface area contributed by atoms with Crippen LogP contribution >= 0.6 is 0 Å². The monoisotopic (exact) mass is 313 g/mol. The van der Waals surface area contributed by atoms with Crippen molar-refractivity contribution in [3.63, 3.8) is 0 Å². The number of nitrogens with one attached hydrogen (secondary N) is 1. The number of ether oxygens (including phenoxy) is 1. The molecule has 0 bridgehead atoms. The van der Waals surface area contributed by atoms with E-state index < -0.39 is 41.2 Å². The van der Waals surface area contributed by atoms with Crippen LogP contribution in [0, 0.1) is 11.6 Å². The number of benzene rings is 1. The molecule has 120 valence electrons. The molecule has 1 aromatic carbocycles. The number of para-hydroxylation sites is 1. The van der Waals surface area contributed by atoms with Crippen molar-refractivity contribution in [1.82, 2.24) is 5.32 Å². The molecule has 0 spiro atoms. The van der Waals surface area contributed by atoms with Crippen LogP contribution in [0.4, 0.5) is 14.5 Å². The van der Waals surface area contributed by atoms with Gasteiger partial charge in [-0.1, -0.05) is 6.07 Å². The van der Waals surface area contributed by atoms with Gasteiger partial charge >= 0.3 is 0 Å². The van der Waals surface area contributed by atoms with Crippen LogP contribution in [0.5, 0.6) is 0 Å². The highest BCUT2D eigenvalue weighted by molar-refractivity contribution is 6.01. The molecule has 0 radical (unpaired) electrons. The van der Waals surface area contributed by atoms with Crippen molar-refractivity contribution < 1.29 is 23.1 Å². The molecule has 3 N–H and O–H groups in total. The molecule has 0 aromatic heterocycles. The highest BCUT2D eigenvalue weighted by Crippen LogP contribution is 2.27. The van der Waals surface area contributed by atoms with Crippen LogP contribution in [-0.2, 0) is 14.3 Å². The Hall–Kier alpha value is -2.06. The Kier molecular flexibility index (Phi) is 5.04. The Bertz CT molecular complexity index is 562. The van der Waals surface area contributed by atoms with Gasteiger partial charge in [0.2, 0.25) is 11.8 Å². The maximum Gasteiger partial charge on any atom is 0.249 e. The molecule has 1 aliphatic rings. The van der Waals surface area contributed by atoms with Crippen molar-refractivity contribution in [2.45, 2.75) is 18.5 Å². The Morgan fingerprint density at radius 3 is 2.73 bits per heavy atom. The fraction of sp³-hybridized carbons (Fsp3) is 0.429. The van der Waals surface area contributed by atoms with E-state index in [-0.39, 0.29) is 19.6 Å². The van der Waals surface area contributed by atoms with Crippen LogP contribution < -0.4 is 16.0 Å². The van der Waals surface area contributed by atoms with E-state index in [1.807, 2.05) is 0 Å². The number of methoxy groups -OCH3 is 1. The number of nitrogens with zero attached hydrogens (tertiary/aromatic N) is 1. The third kappa shape index (κ3) is 3.23. The molecule has 6 nitrogen and oxygen atoms in total. The molecular weight excluding hydrogens is 296 g/mol. The van der Waals surface area contributed by atoms with E-state index in [2.05, 4.69) is 5.32 Å². The van der Waals surface area contributed by atoms with Crippen LogP contribution in [-0.4, -0.2) is 44.2 Å². The lowest BCUT2D eigenvalue weighted by Gasteiger charge is -2.19. The Morgan fingerprint density at radius 1 is 1.50 bits per heavy atom. The summed E-state index contributed by atoms with van der Waals surface area (Å²) in [5.41, 5.74) is 5.17. The zero-order valence-corrected chi connectivity index (χ0v) is 12.0. The average Bonchev–Trinajstić information content (AvgIpc) is 2.81. The minimum Gasteiger partial charge on any atom is -0.383 e. The number of hydrogen-bond acceptors (Lipinski definition) is 4. The largest absolute Gasteiger partial charge is 0.383 e. The molecule has 1 fully saturated rings. The summed E-state index contributed by atoms with van der Waals surface area (Å²) in [5, 5.41) is 2.47. The first-order valence-electron chi connectivity index (χ1n) is 6.76. The van der Waals surface area contributed by atoms with Gasteiger partial charge in [0.25, 0.3) is 0 Å². The van der Waals surface area contributed by atoms with Gasteiger partial charge in [0.05, 0.1) is 6.61 Å². The molecule has 1 saturated heterocycles. The fourth-order valence-corrected chi connectivity index (χ4v) is 2.32. The van der Waals surface area contributed by atoms with Crippen molar-refractivity contribution in [3.8, 4) is 0 Å². The molecule has 0 aliphatic carbocycles. The van der Waals surface area contributed by atoms with Crippen LogP contribution in [0.25, 0.3) is 0 Å². The predicted octanol–water partition coefficient (Wildman–Crippen LogP) is 0.160. The Morgan fingerprint density at radius 2 is 2.14 bits per heavy atom. The predicted molar refractivity (Wildman–Crippen MR) is 75.1 cm³/mol. The first-order chi connectivity index (χ1) is 10.5. The maximum atomic E-state index is 13.7. The third-order valence-corrected chi connectivity index (χ3v) is 3.41. The van der Waals surface area contributed by atoms with Gasteiger partial charge in [-0.3, -0.25) is 9.59 Å². The van der Waals surface area contributed by atoms with Gasteiger partial charge in [0.15, 0.2) is 0 Å². The highest BCUT2D eigenvalue weighted by Gasteiger charge is 2.36. The number of anilines is 1. The van der Waals surface area contributed by atoms with E-state index in [4.69, 9.17) is 10.5 Å². The summed E-state index contributed by atoms with van der Waals surface area (Å²) in [6.45, 7) is 0.125. The summed E-state index contributed by atoms with van der Waals surface area (Å²) in [6.07, 6.45) is 0.248. The van der Waals surface area contributed by atoms with Crippen molar-refractivity contribution in [2.75, 3.05) is 25.2 Å². The summed E-state index contributed by atoms with van der Waals surface area (Å²) in [4.78, 5) is 25.0. The number of halogens is 2. The number of carbonyl (C=O) groups excluding carboxylic acids is 2. The van der Waals surface area contributed by atoms with Gasteiger partial charge in [0, 0.05) is 13.7 Å². The number of nitrogens with two attached hydrogens (primary N) is 1. The summed E-state index contributed by atoms with van der Waals surface area (Å²) < 4.78 is 32.2. The molecule has 2 atom stereocenters. The van der Waals surface area contributed by atoms with Gasteiger partial charge < -0.3 is 20.7 Å². The standard InChI is InChI=1S/C14H17F2N3O3/c1-22-7-10(17)13(20)18-11-5-6-19(14(11)21)12-8(15)3-2-4-9(12)16/h2-4,10-11H,5-7,17H2,1H3,(H,18,20). The molecule has 1 aliphatic heterocycles. The second-order valence-electron chi connectivity index (χ2n) is 4.97.